The Labute approximate surface area is 239 Å². The van der Waals surface area contributed by atoms with E-state index in [4.69, 9.17) is 14.2 Å². The van der Waals surface area contributed by atoms with Gasteiger partial charge in [0.15, 0.2) is 0 Å². The van der Waals surface area contributed by atoms with Gasteiger partial charge in [0, 0.05) is 30.8 Å². The summed E-state index contributed by atoms with van der Waals surface area (Å²) in [4.78, 5) is 59.4. The van der Waals surface area contributed by atoms with E-state index in [1.54, 1.807) is 0 Å². The summed E-state index contributed by atoms with van der Waals surface area (Å²) < 4.78 is 15.5. The standard InChI is InChI=1S/C26H29N5O11/c1-2-11-40-25(34)28-22(13-27-24(33)41-15-17-3-7-19(8-4-17)30(36)37)23-12-21(32)14-29(23)26(35)42-16-18-5-9-20(10-6-18)31(38)39/h2-10,21-23,32H,1,11-16H2,(H,27,33)(H,28,34)/t21-,22?,23+/m1/s1. The first kappa shape index (κ1) is 31.3. The van der Waals surface area contributed by atoms with E-state index >= 15 is 0 Å². The Bertz CT molecular complexity index is 1290. The number of nitrogens with one attached hydrogen (secondary N) is 2. The molecule has 3 rings (SSSR count). The molecule has 0 aliphatic carbocycles. The Hall–Kier alpha value is -5.25. The number of alkyl carbamates (subject to hydrolysis) is 2. The molecule has 1 aliphatic heterocycles. The molecule has 0 radical (unpaired) electrons. The summed E-state index contributed by atoms with van der Waals surface area (Å²) in [5.41, 5.74) is 0.753. The monoisotopic (exact) mass is 587 g/mol. The van der Waals surface area contributed by atoms with Crippen LogP contribution in [0, 0.1) is 20.2 Å². The Morgan fingerprint density at radius 1 is 0.952 bits per heavy atom. The number of carbonyl (C=O) groups is 3. The maximum Gasteiger partial charge on any atom is 0.410 e. The molecular weight excluding hydrogens is 558 g/mol. The van der Waals surface area contributed by atoms with Crippen molar-refractivity contribution >= 4 is 29.7 Å². The smallest absolute Gasteiger partial charge is 0.410 e. The number of aliphatic hydroxyl groups is 1. The van der Waals surface area contributed by atoms with Gasteiger partial charge >= 0.3 is 18.3 Å². The molecule has 1 heterocycles. The Balaban J connectivity index is 1.63. The second kappa shape index (κ2) is 14.9. The zero-order chi connectivity index (χ0) is 30.6. The predicted molar refractivity (Wildman–Crippen MR) is 144 cm³/mol. The first-order chi connectivity index (χ1) is 20.1. The maximum atomic E-state index is 12.9. The summed E-state index contributed by atoms with van der Waals surface area (Å²) in [5.74, 6) is 0. The van der Waals surface area contributed by atoms with Crippen LogP contribution in [-0.4, -0.2) is 76.0 Å². The molecule has 1 fully saturated rings. The van der Waals surface area contributed by atoms with Crippen molar-refractivity contribution in [3.63, 3.8) is 0 Å². The van der Waals surface area contributed by atoms with Crippen LogP contribution in [0.4, 0.5) is 25.8 Å². The van der Waals surface area contributed by atoms with Crippen molar-refractivity contribution in [1.82, 2.24) is 15.5 Å². The third-order valence-corrected chi connectivity index (χ3v) is 6.15. The summed E-state index contributed by atoms with van der Waals surface area (Å²) in [6.45, 7) is 2.62. The van der Waals surface area contributed by atoms with Gasteiger partial charge in [-0.3, -0.25) is 20.2 Å². The molecule has 224 valence electrons. The molecule has 42 heavy (non-hydrogen) atoms. The van der Waals surface area contributed by atoms with E-state index in [2.05, 4.69) is 17.2 Å². The number of rotatable bonds is 12. The lowest BCUT2D eigenvalue weighted by molar-refractivity contribution is -0.385. The average molecular weight is 588 g/mol. The number of hydrogen-bond acceptors (Lipinski definition) is 11. The molecule has 16 heteroatoms. The van der Waals surface area contributed by atoms with Crippen LogP contribution in [-0.2, 0) is 27.4 Å². The largest absolute Gasteiger partial charge is 0.445 e. The number of aliphatic hydroxyl groups excluding tert-OH is 1. The van der Waals surface area contributed by atoms with Gasteiger partial charge in [0.2, 0.25) is 0 Å². The van der Waals surface area contributed by atoms with Crippen LogP contribution in [0.1, 0.15) is 17.5 Å². The van der Waals surface area contributed by atoms with Crippen molar-refractivity contribution in [1.29, 1.82) is 0 Å². The van der Waals surface area contributed by atoms with Crippen molar-refractivity contribution < 1.29 is 43.5 Å². The average Bonchev–Trinajstić information content (AvgIpc) is 3.37. The minimum absolute atomic E-state index is 0.0402. The highest BCUT2D eigenvalue weighted by Gasteiger charge is 2.41. The summed E-state index contributed by atoms with van der Waals surface area (Å²) >= 11 is 0. The van der Waals surface area contributed by atoms with Gasteiger partial charge < -0.3 is 34.9 Å². The van der Waals surface area contributed by atoms with E-state index < -0.39 is 46.3 Å². The van der Waals surface area contributed by atoms with Crippen molar-refractivity contribution in [2.75, 3.05) is 19.7 Å². The lowest BCUT2D eigenvalue weighted by atomic mass is 10.1. The normalized spacial score (nSPS) is 16.5. The van der Waals surface area contributed by atoms with Gasteiger partial charge in [-0.2, -0.15) is 0 Å². The number of nitro benzene ring substituents is 2. The highest BCUT2D eigenvalue weighted by Crippen LogP contribution is 2.23. The van der Waals surface area contributed by atoms with E-state index in [9.17, 15) is 39.7 Å². The molecule has 2 aromatic rings. The highest BCUT2D eigenvalue weighted by atomic mass is 16.6. The van der Waals surface area contributed by atoms with E-state index in [1.165, 1.54) is 59.5 Å². The van der Waals surface area contributed by atoms with Crippen LogP contribution in [0.3, 0.4) is 0 Å². The fraction of sp³-hybridized carbons (Fsp3) is 0.346. The van der Waals surface area contributed by atoms with Crippen LogP contribution in [0.5, 0.6) is 0 Å². The molecule has 0 aromatic heterocycles. The number of non-ortho nitro benzene ring substituents is 2. The zero-order valence-corrected chi connectivity index (χ0v) is 22.2. The predicted octanol–water partition coefficient (Wildman–Crippen LogP) is 2.78. The zero-order valence-electron chi connectivity index (χ0n) is 22.2. The third-order valence-electron chi connectivity index (χ3n) is 6.15. The molecule has 3 N–H and O–H groups in total. The highest BCUT2D eigenvalue weighted by molar-refractivity contribution is 5.71. The van der Waals surface area contributed by atoms with Gasteiger partial charge in [-0.1, -0.05) is 12.7 Å². The van der Waals surface area contributed by atoms with Crippen LogP contribution in [0.2, 0.25) is 0 Å². The van der Waals surface area contributed by atoms with Crippen LogP contribution in [0.15, 0.2) is 61.2 Å². The summed E-state index contributed by atoms with van der Waals surface area (Å²) in [6, 6.07) is 9.06. The van der Waals surface area contributed by atoms with Gasteiger partial charge in [0.25, 0.3) is 11.4 Å². The molecule has 0 saturated carbocycles. The SMILES string of the molecule is C=CCOC(=O)NC(CNC(=O)OCc1ccc([N+](=O)[O-])cc1)[C@@H]1C[C@@H](O)CN1C(=O)OCc1ccc([N+](=O)[O-])cc1. The first-order valence-corrected chi connectivity index (χ1v) is 12.6. The van der Waals surface area contributed by atoms with Gasteiger partial charge in [-0.15, -0.1) is 0 Å². The topological polar surface area (TPSA) is 213 Å². The summed E-state index contributed by atoms with van der Waals surface area (Å²) in [7, 11) is 0. The summed E-state index contributed by atoms with van der Waals surface area (Å²) in [6.07, 6.45) is -2.11. The summed E-state index contributed by atoms with van der Waals surface area (Å²) in [5, 5.41) is 37.0. The first-order valence-electron chi connectivity index (χ1n) is 12.6. The number of benzene rings is 2. The number of ether oxygens (including phenoxy) is 3. The molecule has 3 atom stereocenters. The van der Waals surface area contributed by atoms with E-state index in [-0.39, 0.29) is 50.7 Å². The third kappa shape index (κ3) is 9.16. The van der Waals surface area contributed by atoms with E-state index in [0.717, 1.165) is 0 Å². The molecule has 16 nitrogen and oxygen atoms in total. The molecule has 2 aromatic carbocycles. The Morgan fingerprint density at radius 2 is 1.50 bits per heavy atom. The van der Waals surface area contributed by atoms with Gasteiger partial charge in [-0.25, -0.2) is 14.4 Å². The van der Waals surface area contributed by atoms with Gasteiger partial charge in [-0.05, 0) is 41.8 Å². The van der Waals surface area contributed by atoms with Crippen LogP contribution in [0.25, 0.3) is 0 Å². The molecule has 1 unspecified atom stereocenters. The Kier molecular flexibility index (Phi) is 11.1. The second-order valence-corrected chi connectivity index (χ2v) is 9.11. The number of carbonyl (C=O) groups excluding carboxylic acids is 3. The van der Waals surface area contributed by atoms with E-state index in [0.29, 0.717) is 11.1 Å². The number of amides is 3. The van der Waals surface area contributed by atoms with Gasteiger partial charge in [0.05, 0.1) is 34.6 Å². The van der Waals surface area contributed by atoms with Crippen molar-refractivity contribution in [2.45, 2.75) is 37.8 Å². The molecule has 1 aliphatic rings. The van der Waals surface area contributed by atoms with E-state index in [1.807, 2.05) is 0 Å². The lowest BCUT2D eigenvalue weighted by Gasteiger charge is -2.31. The number of hydrogen-bond donors (Lipinski definition) is 3. The lowest BCUT2D eigenvalue weighted by Crippen LogP contribution is -2.55. The van der Waals surface area contributed by atoms with Crippen molar-refractivity contribution in [3.8, 4) is 0 Å². The van der Waals surface area contributed by atoms with Crippen LogP contribution >= 0.6 is 0 Å². The molecule has 3 amide bonds. The molecular formula is C26H29N5O11. The number of nitro groups is 2. The Morgan fingerprint density at radius 3 is 2.02 bits per heavy atom. The minimum atomic E-state index is -0.954. The maximum absolute atomic E-state index is 12.9. The van der Waals surface area contributed by atoms with Crippen molar-refractivity contribution in [3.05, 3.63) is 92.5 Å². The molecule has 0 spiro atoms. The quantitative estimate of drug-likeness (QED) is 0.142. The fourth-order valence-electron chi connectivity index (χ4n) is 4.09. The number of nitrogens with zero attached hydrogens (tertiary/aromatic N) is 3. The fourth-order valence-corrected chi connectivity index (χ4v) is 4.09. The van der Waals surface area contributed by atoms with Crippen molar-refractivity contribution in [2.24, 2.45) is 0 Å². The minimum Gasteiger partial charge on any atom is -0.445 e. The van der Waals surface area contributed by atoms with Crippen LogP contribution < -0.4 is 10.6 Å². The number of likely N-dealkylation sites (tertiary alicyclic amines) is 1. The molecule has 0 bridgehead atoms. The second-order valence-electron chi connectivity index (χ2n) is 9.11. The molecule has 1 saturated heterocycles. The van der Waals surface area contributed by atoms with Gasteiger partial charge in [0.1, 0.15) is 19.8 Å². The number of β-amino-alcohol motifs (C(OH)–C–C–N with tert-alkyl or cyclic N) is 1.